The van der Waals surface area contributed by atoms with E-state index in [1.54, 1.807) is 18.5 Å². The third-order valence-electron chi connectivity index (χ3n) is 2.48. The van der Waals surface area contributed by atoms with Crippen molar-refractivity contribution in [2.45, 2.75) is 19.4 Å². The molecule has 0 saturated carbocycles. The van der Waals surface area contributed by atoms with E-state index in [4.69, 9.17) is 16.0 Å². The van der Waals surface area contributed by atoms with Crippen LogP contribution < -0.4 is 5.32 Å². The smallest absolute Gasteiger partial charge is 0.254 e. The van der Waals surface area contributed by atoms with E-state index in [-0.39, 0.29) is 11.9 Å². The second-order valence-electron chi connectivity index (χ2n) is 4.01. The molecule has 2 heterocycles. The molecule has 5 heteroatoms. The number of pyridine rings is 1. The summed E-state index contributed by atoms with van der Waals surface area (Å²) in [4.78, 5) is 15.8. The van der Waals surface area contributed by atoms with Gasteiger partial charge in [-0.25, -0.2) is 0 Å². The summed E-state index contributed by atoms with van der Waals surface area (Å²) in [7, 11) is 0. The zero-order chi connectivity index (χ0) is 13.0. The number of nitrogens with one attached hydrogen (secondary N) is 1. The molecular formula is C13H13ClN2O2. The molecule has 0 saturated heterocycles. The number of hydrogen-bond acceptors (Lipinski definition) is 3. The van der Waals surface area contributed by atoms with Crippen LogP contribution in [-0.4, -0.2) is 16.9 Å². The van der Waals surface area contributed by atoms with Gasteiger partial charge in [0, 0.05) is 24.9 Å². The molecule has 0 aliphatic rings. The Kier molecular flexibility index (Phi) is 3.99. The maximum atomic E-state index is 11.9. The SMILES string of the molecule is CC(Cc1ccco1)NC(=O)c1cnccc1Cl. The number of rotatable bonds is 4. The third kappa shape index (κ3) is 3.11. The summed E-state index contributed by atoms with van der Waals surface area (Å²) in [5, 5.41) is 3.25. The average Bonchev–Trinajstić information content (AvgIpc) is 2.82. The molecule has 0 aromatic carbocycles. The first-order valence-electron chi connectivity index (χ1n) is 5.59. The zero-order valence-electron chi connectivity index (χ0n) is 9.89. The summed E-state index contributed by atoms with van der Waals surface area (Å²) in [6.07, 6.45) is 5.25. The molecule has 0 bridgehead atoms. The second kappa shape index (κ2) is 5.69. The molecule has 0 radical (unpaired) electrons. The van der Waals surface area contributed by atoms with Gasteiger partial charge in [-0.3, -0.25) is 9.78 Å². The standard InChI is InChI=1S/C13H13ClN2O2/c1-9(7-10-3-2-6-18-10)16-13(17)11-8-15-5-4-12(11)14/h2-6,8-9H,7H2,1H3,(H,16,17). The van der Waals surface area contributed by atoms with E-state index in [0.29, 0.717) is 17.0 Å². The minimum absolute atomic E-state index is 0.0417. The fourth-order valence-electron chi connectivity index (χ4n) is 1.63. The van der Waals surface area contributed by atoms with Crippen LogP contribution in [0.25, 0.3) is 0 Å². The highest BCUT2D eigenvalue weighted by atomic mass is 35.5. The van der Waals surface area contributed by atoms with Crippen LogP contribution in [-0.2, 0) is 6.42 Å². The molecule has 1 atom stereocenters. The van der Waals surface area contributed by atoms with Gasteiger partial charge in [-0.1, -0.05) is 11.6 Å². The molecule has 2 rings (SSSR count). The van der Waals surface area contributed by atoms with Gasteiger partial charge in [0.25, 0.3) is 5.91 Å². The van der Waals surface area contributed by atoms with Gasteiger partial charge in [-0.05, 0) is 25.1 Å². The van der Waals surface area contributed by atoms with Gasteiger partial charge in [0.2, 0.25) is 0 Å². The quantitative estimate of drug-likeness (QED) is 0.924. The van der Waals surface area contributed by atoms with Crippen LogP contribution in [0.2, 0.25) is 5.02 Å². The molecule has 1 unspecified atom stereocenters. The van der Waals surface area contributed by atoms with Crippen molar-refractivity contribution in [3.05, 3.63) is 53.2 Å². The van der Waals surface area contributed by atoms with Crippen molar-refractivity contribution in [3.8, 4) is 0 Å². The fraction of sp³-hybridized carbons (Fsp3) is 0.231. The summed E-state index contributed by atoms with van der Waals surface area (Å²) in [5.41, 5.74) is 0.380. The minimum atomic E-state index is -0.229. The second-order valence-corrected chi connectivity index (χ2v) is 4.42. The lowest BCUT2D eigenvalue weighted by molar-refractivity contribution is 0.0939. The maximum Gasteiger partial charge on any atom is 0.254 e. The van der Waals surface area contributed by atoms with E-state index in [2.05, 4.69) is 10.3 Å². The molecule has 18 heavy (non-hydrogen) atoms. The van der Waals surface area contributed by atoms with Crippen LogP contribution >= 0.6 is 11.6 Å². The van der Waals surface area contributed by atoms with Crippen LogP contribution in [0.15, 0.2) is 41.3 Å². The van der Waals surface area contributed by atoms with Crippen molar-refractivity contribution in [1.29, 1.82) is 0 Å². The van der Waals surface area contributed by atoms with E-state index in [1.165, 1.54) is 6.20 Å². The third-order valence-corrected chi connectivity index (χ3v) is 2.81. The molecule has 1 N–H and O–H groups in total. The monoisotopic (exact) mass is 264 g/mol. The number of hydrogen-bond donors (Lipinski definition) is 1. The Hall–Kier alpha value is -1.81. The normalized spacial score (nSPS) is 12.1. The molecule has 2 aromatic heterocycles. The Bertz CT molecular complexity index is 526. The van der Waals surface area contributed by atoms with Gasteiger partial charge < -0.3 is 9.73 Å². The van der Waals surface area contributed by atoms with Crippen molar-refractivity contribution < 1.29 is 9.21 Å². The van der Waals surface area contributed by atoms with Crippen molar-refractivity contribution in [2.75, 3.05) is 0 Å². The number of carbonyl (C=O) groups excluding carboxylic acids is 1. The molecule has 0 spiro atoms. The van der Waals surface area contributed by atoms with Crippen molar-refractivity contribution in [3.63, 3.8) is 0 Å². The Labute approximate surface area is 110 Å². The van der Waals surface area contributed by atoms with Gasteiger partial charge in [0.1, 0.15) is 5.76 Å². The highest BCUT2D eigenvalue weighted by molar-refractivity contribution is 6.33. The fourth-order valence-corrected chi connectivity index (χ4v) is 1.82. The predicted molar refractivity (Wildman–Crippen MR) is 68.6 cm³/mol. The van der Waals surface area contributed by atoms with Crippen molar-refractivity contribution in [1.82, 2.24) is 10.3 Å². The Balaban J connectivity index is 1.97. The lowest BCUT2D eigenvalue weighted by atomic mass is 10.2. The number of carbonyl (C=O) groups is 1. The molecule has 1 amide bonds. The van der Waals surface area contributed by atoms with E-state index in [0.717, 1.165) is 5.76 Å². The molecular weight excluding hydrogens is 252 g/mol. The number of furan rings is 1. The number of aromatic nitrogens is 1. The molecule has 2 aromatic rings. The molecule has 0 fully saturated rings. The first kappa shape index (κ1) is 12.6. The van der Waals surface area contributed by atoms with Crippen LogP contribution in [0, 0.1) is 0 Å². The van der Waals surface area contributed by atoms with Gasteiger partial charge in [0.05, 0.1) is 16.8 Å². The first-order chi connectivity index (χ1) is 8.66. The van der Waals surface area contributed by atoms with E-state index >= 15 is 0 Å². The average molecular weight is 265 g/mol. The summed E-state index contributed by atoms with van der Waals surface area (Å²) in [5.74, 6) is 0.604. The lowest BCUT2D eigenvalue weighted by Gasteiger charge is -2.12. The van der Waals surface area contributed by atoms with Crippen LogP contribution in [0.3, 0.4) is 0 Å². The summed E-state index contributed by atoms with van der Waals surface area (Å²) < 4.78 is 5.23. The maximum absolute atomic E-state index is 11.9. The van der Waals surface area contributed by atoms with Gasteiger partial charge >= 0.3 is 0 Å². The van der Waals surface area contributed by atoms with Crippen LogP contribution in [0.5, 0.6) is 0 Å². The highest BCUT2D eigenvalue weighted by Gasteiger charge is 2.14. The summed E-state index contributed by atoms with van der Waals surface area (Å²) >= 11 is 5.93. The van der Waals surface area contributed by atoms with Gasteiger partial charge in [0.15, 0.2) is 0 Å². The number of nitrogens with zero attached hydrogens (tertiary/aromatic N) is 1. The van der Waals surface area contributed by atoms with E-state index < -0.39 is 0 Å². The largest absolute Gasteiger partial charge is 0.469 e. The number of amides is 1. The Morgan fingerprint density at radius 1 is 1.56 bits per heavy atom. The van der Waals surface area contributed by atoms with Crippen LogP contribution in [0.1, 0.15) is 23.0 Å². The minimum Gasteiger partial charge on any atom is -0.469 e. The van der Waals surface area contributed by atoms with Gasteiger partial charge in [-0.15, -0.1) is 0 Å². The number of halogens is 1. The van der Waals surface area contributed by atoms with Crippen molar-refractivity contribution in [2.24, 2.45) is 0 Å². The first-order valence-corrected chi connectivity index (χ1v) is 5.97. The molecule has 0 aliphatic carbocycles. The van der Waals surface area contributed by atoms with E-state index in [1.807, 2.05) is 19.1 Å². The van der Waals surface area contributed by atoms with E-state index in [9.17, 15) is 4.79 Å². The predicted octanol–water partition coefficient (Wildman–Crippen LogP) is 2.69. The molecule has 4 nitrogen and oxygen atoms in total. The highest BCUT2D eigenvalue weighted by Crippen LogP contribution is 2.13. The topological polar surface area (TPSA) is 55.1 Å². The van der Waals surface area contributed by atoms with Crippen molar-refractivity contribution >= 4 is 17.5 Å². The summed E-state index contributed by atoms with van der Waals surface area (Å²) in [6.45, 7) is 1.91. The molecule has 0 aliphatic heterocycles. The Morgan fingerprint density at radius 3 is 3.06 bits per heavy atom. The van der Waals surface area contributed by atoms with Gasteiger partial charge in [-0.2, -0.15) is 0 Å². The lowest BCUT2D eigenvalue weighted by Crippen LogP contribution is -2.34. The molecule has 94 valence electrons. The summed E-state index contributed by atoms with van der Waals surface area (Å²) in [6, 6.07) is 5.25. The van der Waals surface area contributed by atoms with Crippen LogP contribution in [0.4, 0.5) is 0 Å². The Morgan fingerprint density at radius 2 is 2.39 bits per heavy atom. The zero-order valence-corrected chi connectivity index (χ0v) is 10.6.